The summed E-state index contributed by atoms with van der Waals surface area (Å²) in [6, 6.07) is 7.87. The molecule has 1 saturated heterocycles. The summed E-state index contributed by atoms with van der Waals surface area (Å²) in [7, 11) is 0. The van der Waals surface area contributed by atoms with Gasteiger partial charge in [-0.15, -0.1) is 12.4 Å². The minimum absolute atomic E-state index is 0. The van der Waals surface area contributed by atoms with Gasteiger partial charge in [0.05, 0.1) is 6.54 Å². The average Bonchev–Trinajstić information content (AvgIpc) is 2.74. The van der Waals surface area contributed by atoms with E-state index in [1.165, 1.54) is 12.8 Å². The number of nitrogens with zero attached hydrogens (tertiary/aromatic N) is 1. The first kappa shape index (κ1) is 14.0. The Morgan fingerprint density at radius 1 is 1.29 bits per heavy atom. The van der Waals surface area contributed by atoms with Crippen LogP contribution >= 0.6 is 12.4 Å². The van der Waals surface area contributed by atoms with Crippen LogP contribution < -0.4 is 5.32 Å². The van der Waals surface area contributed by atoms with Crippen molar-refractivity contribution in [2.24, 2.45) is 0 Å². The second-order valence-electron chi connectivity index (χ2n) is 4.35. The smallest absolute Gasteiger partial charge is 0.238 e. The number of benzene rings is 1. The van der Waals surface area contributed by atoms with E-state index in [4.69, 9.17) is 0 Å². The lowest BCUT2D eigenvalue weighted by Crippen LogP contribution is -2.31. The number of likely N-dealkylation sites (tertiary alicyclic amines) is 1. The lowest BCUT2D eigenvalue weighted by molar-refractivity contribution is -0.117. The first-order chi connectivity index (χ1) is 7.75. The third-order valence-electron chi connectivity index (χ3n) is 2.99. The zero-order valence-corrected chi connectivity index (χ0v) is 10.9. The summed E-state index contributed by atoms with van der Waals surface area (Å²) in [6.45, 7) is 4.64. The highest BCUT2D eigenvalue weighted by Gasteiger charge is 2.15. The van der Waals surface area contributed by atoms with Gasteiger partial charge in [0.25, 0.3) is 0 Å². The lowest BCUT2D eigenvalue weighted by atomic mass is 10.2. The molecule has 0 atom stereocenters. The number of carbonyl (C=O) groups is 1. The minimum Gasteiger partial charge on any atom is -0.325 e. The van der Waals surface area contributed by atoms with Crippen molar-refractivity contribution in [3.8, 4) is 0 Å². The number of aryl methyl sites for hydroxylation is 1. The molecule has 1 aliphatic rings. The van der Waals surface area contributed by atoms with Crippen LogP contribution in [0.5, 0.6) is 0 Å². The number of rotatable bonds is 3. The van der Waals surface area contributed by atoms with Gasteiger partial charge in [0.15, 0.2) is 0 Å². The third-order valence-corrected chi connectivity index (χ3v) is 2.99. The molecule has 94 valence electrons. The van der Waals surface area contributed by atoms with E-state index in [1.807, 2.05) is 31.2 Å². The van der Waals surface area contributed by atoms with Gasteiger partial charge in [0.1, 0.15) is 0 Å². The summed E-state index contributed by atoms with van der Waals surface area (Å²) in [6.07, 6.45) is 2.44. The third kappa shape index (κ3) is 4.02. The maximum absolute atomic E-state index is 11.8. The first-order valence-corrected chi connectivity index (χ1v) is 5.83. The molecule has 1 aliphatic heterocycles. The number of hydrogen-bond acceptors (Lipinski definition) is 2. The molecule has 0 bridgehead atoms. The molecule has 0 unspecified atom stereocenters. The van der Waals surface area contributed by atoms with Crippen LogP contribution in [-0.2, 0) is 4.79 Å². The Morgan fingerprint density at radius 2 is 1.94 bits per heavy atom. The predicted octanol–water partition coefficient (Wildman–Crippen LogP) is 2.45. The minimum atomic E-state index is 0. The Bertz CT molecular complexity index is 375. The number of halogens is 1. The highest BCUT2D eigenvalue weighted by atomic mass is 35.5. The van der Waals surface area contributed by atoms with Gasteiger partial charge in [0.2, 0.25) is 5.91 Å². The number of anilines is 1. The molecule has 1 aromatic rings. The standard InChI is InChI=1S/C13H18N2O.ClH/c1-11-6-2-3-7-12(11)14-13(16)10-15-8-4-5-9-15;/h2-3,6-7H,4-5,8-10H2,1H3,(H,14,16);1H. The van der Waals surface area contributed by atoms with Crippen molar-refractivity contribution in [2.75, 3.05) is 25.0 Å². The maximum Gasteiger partial charge on any atom is 0.238 e. The molecular formula is C13H19ClN2O. The van der Waals surface area contributed by atoms with Gasteiger partial charge >= 0.3 is 0 Å². The fraction of sp³-hybridized carbons (Fsp3) is 0.462. The van der Waals surface area contributed by atoms with Crippen molar-refractivity contribution < 1.29 is 4.79 Å². The molecule has 4 heteroatoms. The molecule has 0 saturated carbocycles. The summed E-state index contributed by atoms with van der Waals surface area (Å²) in [5.41, 5.74) is 2.03. The number of nitrogens with one attached hydrogen (secondary N) is 1. The zero-order valence-electron chi connectivity index (χ0n) is 10.1. The summed E-state index contributed by atoms with van der Waals surface area (Å²) in [5, 5.41) is 2.96. The van der Waals surface area contributed by atoms with Crippen LogP contribution in [0.15, 0.2) is 24.3 Å². The molecule has 0 spiro atoms. The number of amides is 1. The number of para-hydroxylation sites is 1. The van der Waals surface area contributed by atoms with E-state index >= 15 is 0 Å². The monoisotopic (exact) mass is 254 g/mol. The van der Waals surface area contributed by atoms with E-state index in [1.54, 1.807) is 0 Å². The maximum atomic E-state index is 11.8. The largest absolute Gasteiger partial charge is 0.325 e. The molecule has 0 aliphatic carbocycles. The van der Waals surface area contributed by atoms with Gasteiger partial charge < -0.3 is 5.32 Å². The predicted molar refractivity (Wildman–Crippen MR) is 72.7 cm³/mol. The highest BCUT2D eigenvalue weighted by Crippen LogP contribution is 2.13. The van der Waals surface area contributed by atoms with Crippen molar-refractivity contribution in [3.05, 3.63) is 29.8 Å². The van der Waals surface area contributed by atoms with Crippen LogP contribution in [-0.4, -0.2) is 30.4 Å². The Kier molecular flexibility index (Phi) is 5.45. The normalized spacial score (nSPS) is 15.4. The lowest BCUT2D eigenvalue weighted by Gasteiger charge is -2.14. The van der Waals surface area contributed by atoms with Crippen molar-refractivity contribution in [1.29, 1.82) is 0 Å². The average molecular weight is 255 g/mol. The summed E-state index contributed by atoms with van der Waals surface area (Å²) >= 11 is 0. The molecule has 0 aromatic heterocycles. The highest BCUT2D eigenvalue weighted by molar-refractivity contribution is 5.92. The van der Waals surface area contributed by atoms with Crippen LogP contribution in [0, 0.1) is 6.92 Å². The second kappa shape index (κ2) is 6.62. The van der Waals surface area contributed by atoms with Crippen molar-refractivity contribution >= 4 is 24.0 Å². The Balaban J connectivity index is 0.00000144. The van der Waals surface area contributed by atoms with Crippen LogP contribution in [0.25, 0.3) is 0 Å². The van der Waals surface area contributed by atoms with E-state index < -0.39 is 0 Å². The second-order valence-corrected chi connectivity index (χ2v) is 4.35. The van der Waals surface area contributed by atoms with Gasteiger partial charge in [-0.1, -0.05) is 18.2 Å². The molecule has 1 amide bonds. The topological polar surface area (TPSA) is 32.3 Å². The van der Waals surface area contributed by atoms with Crippen molar-refractivity contribution in [1.82, 2.24) is 4.90 Å². The van der Waals surface area contributed by atoms with Gasteiger partial charge in [-0.05, 0) is 44.5 Å². The molecule has 17 heavy (non-hydrogen) atoms. The zero-order chi connectivity index (χ0) is 11.4. The fourth-order valence-electron chi connectivity index (χ4n) is 2.05. The van der Waals surface area contributed by atoms with E-state index in [0.717, 1.165) is 24.3 Å². The number of carbonyl (C=O) groups excluding carboxylic acids is 1. The van der Waals surface area contributed by atoms with Crippen LogP contribution in [0.4, 0.5) is 5.69 Å². The molecule has 3 nitrogen and oxygen atoms in total. The Labute approximate surface area is 109 Å². The molecule has 1 heterocycles. The summed E-state index contributed by atoms with van der Waals surface area (Å²) in [5.74, 6) is 0.0937. The van der Waals surface area contributed by atoms with Gasteiger partial charge in [-0.2, -0.15) is 0 Å². The van der Waals surface area contributed by atoms with Gasteiger partial charge in [0, 0.05) is 5.69 Å². The van der Waals surface area contributed by atoms with E-state index in [9.17, 15) is 4.79 Å². The molecule has 1 aromatic carbocycles. The van der Waals surface area contributed by atoms with Gasteiger partial charge in [-0.3, -0.25) is 9.69 Å². The summed E-state index contributed by atoms with van der Waals surface area (Å²) in [4.78, 5) is 14.0. The van der Waals surface area contributed by atoms with Crippen LogP contribution in [0.1, 0.15) is 18.4 Å². The molecule has 1 N–H and O–H groups in total. The quantitative estimate of drug-likeness (QED) is 0.899. The Hall–Kier alpha value is -1.06. The molecule has 0 radical (unpaired) electrons. The Morgan fingerprint density at radius 3 is 2.59 bits per heavy atom. The summed E-state index contributed by atoms with van der Waals surface area (Å²) < 4.78 is 0. The van der Waals surface area contributed by atoms with Crippen molar-refractivity contribution in [3.63, 3.8) is 0 Å². The van der Waals surface area contributed by atoms with Crippen molar-refractivity contribution in [2.45, 2.75) is 19.8 Å². The molecular weight excluding hydrogens is 236 g/mol. The fourth-order valence-corrected chi connectivity index (χ4v) is 2.05. The number of hydrogen-bond donors (Lipinski definition) is 1. The van der Waals surface area contributed by atoms with Gasteiger partial charge in [-0.25, -0.2) is 0 Å². The van der Waals surface area contributed by atoms with Crippen LogP contribution in [0.3, 0.4) is 0 Å². The van der Waals surface area contributed by atoms with E-state index in [-0.39, 0.29) is 18.3 Å². The van der Waals surface area contributed by atoms with Crippen LogP contribution in [0.2, 0.25) is 0 Å². The molecule has 2 rings (SSSR count). The van der Waals surface area contributed by atoms with E-state index in [2.05, 4.69) is 10.2 Å². The van der Waals surface area contributed by atoms with E-state index in [0.29, 0.717) is 6.54 Å². The first-order valence-electron chi connectivity index (χ1n) is 5.83. The molecule has 1 fully saturated rings. The SMILES string of the molecule is Cc1ccccc1NC(=O)CN1CCCC1.Cl.